The Hall–Kier alpha value is -2.98. The highest BCUT2D eigenvalue weighted by Gasteiger charge is 2.33. The summed E-state index contributed by atoms with van der Waals surface area (Å²) in [6.45, 7) is 6.23. The Bertz CT molecular complexity index is 1290. The molecule has 0 saturated heterocycles. The molecule has 1 saturated carbocycles. The third kappa shape index (κ3) is 5.04. The highest BCUT2D eigenvalue weighted by atomic mass is 32.2. The first-order valence-corrected chi connectivity index (χ1v) is 13.9. The van der Waals surface area contributed by atoms with Gasteiger partial charge in [-0.15, -0.1) is 5.10 Å². The maximum absolute atomic E-state index is 11.8. The van der Waals surface area contributed by atoms with Gasteiger partial charge >= 0.3 is 0 Å². The minimum Gasteiger partial charge on any atom is -0.454 e. The van der Waals surface area contributed by atoms with Gasteiger partial charge in [0.2, 0.25) is 6.79 Å². The molecule has 0 bridgehead atoms. The number of tetrazole rings is 1. The second-order valence-electron chi connectivity index (χ2n) is 9.70. The molecule has 2 aromatic carbocycles. The molecule has 2 aliphatic rings. The van der Waals surface area contributed by atoms with Gasteiger partial charge in [0.15, 0.2) is 27.2 Å². The number of hydrogen-bond donors (Lipinski definition) is 0. The molecule has 1 aromatic heterocycles. The van der Waals surface area contributed by atoms with Crippen molar-refractivity contribution in [2.45, 2.75) is 57.1 Å². The van der Waals surface area contributed by atoms with E-state index in [-0.39, 0.29) is 11.7 Å². The summed E-state index contributed by atoms with van der Waals surface area (Å²) in [5.74, 6) is 3.46. The molecule has 1 aliphatic heterocycles. The number of fused-ring (bicyclic) bond motifs is 1. The van der Waals surface area contributed by atoms with Crippen molar-refractivity contribution in [3.05, 3.63) is 53.9 Å². The van der Waals surface area contributed by atoms with Crippen molar-refractivity contribution in [3.8, 4) is 17.2 Å². The van der Waals surface area contributed by atoms with E-state index in [1.807, 2.05) is 6.07 Å². The second kappa shape index (κ2) is 9.58. The van der Waals surface area contributed by atoms with Crippen molar-refractivity contribution in [3.63, 3.8) is 0 Å². The maximum Gasteiger partial charge on any atom is 0.231 e. The van der Waals surface area contributed by atoms with Crippen LogP contribution in [0.25, 0.3) is 5.69 Å². The van der Waals surface area contributed by atoms with E-state index in [4.69, 9.17) is 9.47 Å². The summed E-state index contributed by atoms with van der Waals surface area (Å²) >= 11 is 0. The van der Waals surface area contributed by atoms with Crippen molar-refractivity contribution in [1.82, 2.24) is 25.1 Å². The van der Waals surface area contributed by atoms with Crippen LogP contribution in [0.15, 0.2) is 47.4 Å². The highest BCUT2D eigenvalue weighted by Crippen LogP contribution is 2.36. The number of rotatable bonds is 7. The van der Waals surface area contributed by atoms with E-state index < -0.39 is 9.84 Å². The SMILES string of the molecule is CC1CCCC(N(Cc2ccc3c(c2)OCO3)Cc2nnnn2-c2ccc(S(C)(=O)=O)cc2)C1C. The Kier molecular flexibility index (Phi) is 6.50. The molecule has 3 unspecified atom stereocenters. The van der Waals surface area contributed by atoms with Gasteiger partial charge in [-0.3, -0.25) is 4.90 Å². The number of hydrogen-bond acceptors (Lipinski definition) is 8. The van der Waals surface area contributed by atoms with Crippen LogP contribution >= 0.6 is 0 Å². The lowest BCUT2D eigenvalue weighted by molar-refractivity contribution is 0.0659. The molecular formula is C25H31N5O4S. The minimum atomic E-state index is -3.27. The van der Waals surface area contributed by atoms with Gasteiger partial charge in [0, 0.05) is 18.8 Å². The molecule has 0 N–H and O–H groups in total. The van der Waals surface area contributed by atoms with Gasteiger partial charge in [0.25, 0.3) is 0 Å². The van der Waals surface area contributed by atoms with Crippen LogP contribution in [0, 0.1) is 11.8 Å². The van der Waals surface area contributed by atoms with Crippen LogP contribution < -0.4 is 9.47 Å². The van der Waals surface area contributed by atoms with Crippen molar-refractivity contribution in [2.24, 2.45) is 11.8 Å². The zero-order chi connectivity index (χ0) is 24.6. The lowest BCUT2D eigenvalue weighted by Gasteiger charge is -2.41. The Labute approximate surface area is 206 Å². The third-order valence-corrected chi connectivity index (χ3v) is 8.47. The first-order valence-electron chi connectivity index (χ1n) is 12.0. The highest BCUT2D eigenvalue weighted by molar-refractivity contribution is 7.90. The summed E-state index contributed by atoms with van der Waals surface area (Å²) in [5, 5.41) is 12.5. The quantitative estimate of drug-likeness (QED) is 0.488. The predicted octanol–water partition coefficient (Wildman–Crippen LogP) is 3.62. The monoisotopic (exact) mass is 497 g/mol. The molecule has 186 valence electrons. The standard InChI is InChI=1S/C25H31N5O4S/c1-17-5-4-6-22(18(17)2)29(14-19-7-12-23-24(13-19)34-16-33-23)15-25-26-27-28-30(25)20-8-10-21(11-9-20)35(3,31)32/h7-13,17-18,22H,4-6,14-16H2,1-3H3. The van der Waals surface area contributed by atoms with Gasteiger partial charge in [-0.1, -0.05) is 32.8 Å². The summed E-state index contributed by atoms with van der Waals surface area (Å²) in [7, 11) is -3.27. The Morgan fingerprint density at radius 1 is 1.03 bits per heavy atom. The lowest BCUT2D eigenvalue weighted by atomic mass is 9.77. The van der Waals surface area contributed by atoms with Crippen molar-refractivity contribution in [1.29, 1.82) is 0 Å². The van der Waals surface area contributed by atoms with Crippen molar-refractivity contribution in [2.75, 3.05) is 13.0 Å². The summed E-state index contributed by atoms with van der Waals surface area (Å²) in [6, 6.07) is 13.2. The molecule has 3 atom stereocenters. The molecule has 9 nitrogen and oxygen atoms in total. The number of sulfone groups is 1. The largest absolute Gasteiger partial charge is 0.454 e. The van der Waals surface area contributed by atoms with Crippen LogP contribution in [0.1, 0.15) is 44.5 Å². The van der Waals surface area contributed by atoms with Crippen LogP contribution in [0.5, 0.6) is 11.5 Å². The smallest absolute Gasteiger partial charge is 0.231 e. The molecule has 1 fully saturated rings. The Morgan fingerprint density at radius 2 is 1.80 bits per heavy atom. The number of benzene rings is 2. The molecule has 0 amide bonds. The van der Waals surface area contributed by atoms with Gasteiger partial charge in [0.1, 0.15) is 0 Å². The van der Waals surface area contributed by atoms with E-state index in [1.54, 1.807) is 28.9 Å². The third-order valence-electron chi connectivity index (χ3n) is 7.34. The van der Waals surface area contributed by atoms with Gasteiger partial charge < -0.3 is 9.47 Å². The molecule has 0 spiro atoms. The van der Waals surface area contributed by atoms with Gasteiger partial charge in [-0.05, 0) is 70.6 Å². The fourth-order valence-corrected chi connectivity index (χ4v) is 5.78. The molecule has 1 aliphatic carbocycles. The lowest BCUT2D eigenvalue weighted by Crippen LogP contribution is -2.43. The fourth-order valence-electron chi connectivity index (χ4n) is 5.15. The molecule has 3 aromatic rings. The van der Waals surface area contributed by atoms with Crippen LogP contribution in [0.2, 0.25) is 0 Å². The van der Waals surface area contributed by atoms with E-state index in [2.05, 4.69) is 46.4 Å². The van der Waals surface area contributed by atoms with Gasteiger partial charge in [-0.2, -0.15) is 4.68 Å². The van der Waals surface area contributed by atoms with Crippen molar-refractivity contribution >= 4 is 9.84 Å². The average molecular weight is 498 g/mol. The number of nitrogens with zero attached hydrogens (tertiary/aromatic N) is 5. The molecule has 0 radical (unpaired) electrons. The summed E-state index contributed by atoms with van der Waals surface area (Å²) in [5.41, 5.74) is 1.88. The zero-order valence-electron chi connectivity index (χ0n) is 20.3. The van der Waals surface area contributed by atoms with Crippen LogP contribution in [-0.4, -0.2) is 52.6 Å². The zero-order valence-corrected chi connectivity index (χ0v) is 21.1. The Morgan fingerprint density at radius 3 is 2.57 bits per heavy atom. The average Bonchev–Trinajstić information content (AvgIpc) is 3.49. The van der Waals surface area contributed by atoms with E-state index >= 15 is 0 Å². The van der Waals surface area contributed by atoms with Gasteiger partial charge in [-0.25, -0.2) is 8.42 Å². The summed E-state index contributed by atoms with van der Waals surface area (Å²) in [4.78, 5) is 2.73. The normalized spacial score (nSPS) is 22.0. The number of ether oxygens (including phenoxy) is 2. The summed E-state index contributed by atoms with van der Waals surface area (Å²) < 4.78 is 36.5. The Balaban J connectivity index is 1.44. The van der Waals surface area contributed by atoms with Gasteiger partial charge in [0.05, 0.1) is 17.1 Å². The number of aromatic nitrogens is 4. The molecule has 35 heavy (non-hydrogen) atoms. The summed E-state index contributed by atoms with van der Waals surface area (Å²) in [6.07, 6.45) is 4.77. The first kappa shape index (κ1) is 23.7. The van der Waals surface area contributed by atoms with E-state index in [1.165, 1.54) is 19.1 Å². The molecule has 5 rings (SSSR count). The fraction of sp³-hybridized carbons (Fsp3) is 0.480. The van der Waals surface area contributed by atoms with Crippen LogP contribution in [-0.2, 0) is 22.9 Å². The van der Waals surface area contributed by atoms with E-state index in [9.17, 15) is 8.42 Å². The topological polar surface area (TPSA) is 99.4 Å². The minimum absolute atomic E-state index is 0.257. The molecule has 2 heterocycles. The second-order valence-corrected chi connectivity index (χ2v) is 11.7. The van der Waals surface area contributed by atoms with Crippen LogP contribution in [0.4, 0.5) is 0 Å². The maximum atomic E-state index is 11.8. The first-order chi connectivity index (χ1) is 16.8. The van der Waals surface area contributed by atoms with E-state index in [0.29, 0.717) is 30.2 Å². The predicted molar refractivity (Wildman–Crippen MR) is 130 cm³/mol. The molecular weight excluding hydrogens is 466 g/mol. The molecule has 10 heteroatoms. The van der Waals surface area contributed by atoms with E-state index in [0.717, 1.165) is 35.7 Å². The van der Waals surface area contributed by atoms with Crippen LogP contribution in [0.3, 0.4) is 0 Å². The van der Waals surface area contributed by atoms with Crippen molar-refractivity contribution < 1.29 is 17.9 Å².